The number of hydrogen-bond donors (Lipinski definition) is 3. The number of aromatic nitrogens is 1. The van der Waals surface area contributed by atoms with Gasteiger partial charge >= 0.3 is 0 Å². The van der Waals surface area contributed by atoms with Crippen molar-refractivity contribution in [3.63, 3.8) is 0 Å². The number of non-ortho nitro benzene ring substituents is 1. The van der Waals surface area contributed by atoms with Gasteiger partial charge in [-0.25, -0.2) is 13.4 Å². The van der Waals surface area contributed by atoms with Crippen molar-refractivity contribution in [2.75, 3.05) is 10.1 Å². The molecule has 0 aliphatic carbocycles. The van der Waals surface area contributed by atoms with Crippen molar-refractivity contribution in [1.82, 2.24) is 4.98 Å². The van der Waals surface area contributed by atoms with Crippen LogP contribution < -0.4 is 16.0 Å². The first kappa shape index (κ1) is 15.2. The summed E-state index contributed by atoms with van der Waals surface area (Å²) in [5.41, 5.74) is 2.55. The molecular weight excluding hydrogens is 318 g/mol. The average Bonchev–Trinajstić information content (AvgIpc) is 2.82. The lowest BCUT2D eigenvalue weighted by atomic mass is 10.3. The second kappa shape index (κ2) is 5.63. The van der Waals surface area contributed by atoms with Gasteiger partial charge in [-0.2, -0.15) is 0 Å². The van der Waals surface area contributed by atoms with Gasteiger partial charge in [0.15, 0.2) is 5.13 Å². The third-order valence-corrected chi connectivity index (χ3v) is 4.85. The van der Waals surface area contributed by atoms with E-state index in [0.29, 0.717) is 5.69 Å². The maximum atomic E-state index is 12.3. The highest BCUT2D eigenvalue weighted by atomic mass is 32.2. The molecule has 1 aromatic heterocycles. The number of anilines is 2. The molecular formula is C10H11N5O4S2. The number of hydrogen-bond acceptors (Lipinski definition) is 8. The Hall–Kier alpha value is -2.24. The van der Waals surface area contributed by atoms with Gasteiger partial charge in [-0.3, -0.25) is 20.7 Å². The molecule has 0 amide bonds. The SMILES string of the molecule is Cc1csc(NS(=O)(=O)c2cc([N+](=O)[O-])ccc2NN)n1. The van der Waals surface area contributed by atoms with Crippen LogP contribution in [0, 0.1) is 17.0 Å². The Balaban J connectivity index is 2.47. The molecule has 0 saturated carbocycles. The summed E-state index contributed by atoms with van der Waals surface area (Å²) in [6, 6.07) is 3.31. The summed E-state index contributed by atoms with van der Waals surface area (Å²) in [7, 11) is -4.05. The summed E-state index contributed by atoms with van der Waals surface area (Å²) in [5, 5.41) is 12.6. The van der Waals surface area contributed by atoms with Gasteiger partial charge in [-0.05, 0) is 13.0 Å². The van der Waals surface area contributed by atoms with Crippen LogP contribution in [0.25, 0.3) is 0 Å². The average molecular weight is 329 g/mol. The molecule has 0 aliphatic heterocycles. The fourth-order valence-electron chi connectivity index (χ4n) is 1.54. The van der Waals surface area contributed by atoms with Gasteiger partial charge in [-0.15, -0.1) is 11.3 Å². The molecule has 0 radical (unpaired) electrons. The molecule has 0 fully saturated rings. The van der Waals surface area contributed by atoms with Crippen molar-refractivity contribution in [2.24, 2.45) is 5.84 Å². The topological polar surface area (TPSA) is 140 Å². The Bertz CT molecular complexity index is 786. The Morgan fingerprint density at radius 2 is 2.14 bits per heavy atom. The zero-order valence-corrected chi connectivity index (χ0v) is 12.4. The van der Waals surface area contributed by atoms with E-state index in [1.165, 1.54) is 6.07 Å². The predicted octanol–water partition coefficient (Wildman–Crippen LogP) is 1.45. The fraction of sp³-hybridized carbons (Fsp3) is 0.100. The molecule has 11 heteroatoms. The lowest BCUT2D eigenvalue weighted by Gasteiger charge is -2.10. The zero-order chi connectivity index (χ0) is 15.6. The first-order chi connectivity index (χ1) is 9.83. The number of nitrogens with zero attached hydrogens (tertiary/aromatic N) is 2. The standard InChI is InChI=1S/C10H11N5O4S2/c1-6-5-20-10(12-6)14-21(18,19)9-4-7(15(16)17)2-3-8(9)13-11/h2-5,13H,11H2,1H3,(H,12,14). The lowest BCUT2D eigenvalue weighted by Crippen LogP contribution is -2.17. The highest BCUT2D eigenvalue weighted by molar-refractivity contribution is 7.93. The Labute approximate surface area is 124 Å². The van der Waals surface area contributed by atoms with Crippen LogP contribution in [-0.4, -0.2) is 18.3 Å². The van der Waals surface area contributed by atoms with Crippen molar-refractivity contribution in [2.45, 2.75) is 11.8 Å². The van der Waals surface area contributed by atoms with E-state index < -0.39 is 14.9 Å². The molecule has 0 bridgehead atoms. The second-order valence-corrected chi connectivity index (χ2v) is 6.49. The smallest absolute Gasteiger partial charge is 0.270 e. The Morgan fingerprint density at radius 1 is 1.43 bits per heavy atom. The van der Waals surface area contributed by atoms with Gasteiger partial charge in [0, 0.05) is 17.5 Å². The third-order valence-electron chi connectivity index (χ3n) is 2.46. The van der Waals surface area contributed by atoms with Crippen LogP contribution in [0.5, 0.6) is 0 Å². The number of hydrazine groups is 1. The summed E-state index contributed by atoms with van der Waals surface area (Å²) >= 11 is 1.11. The van der Waals surface area contributed by atoms with Gasteiger partial charge < -0.3 is 5.43 Å². The number of sulfonamides is 1. The molecule has 0 saturated heterocycles. The maximum Gasteiger partial charge on any atom is 0.270 e. The molecule has 0 atom stereocenters. The van der Waals surface area contributed by atoms with E-state index in [1.807, 2.05) is 0 Å². The normalized spacial score (nSPS) is 11.1. The van der Waals surface area contributed by atoms with Crippen LogP contribution in [0.4, 0.5) is 16.5 Å². The molecule has 2 rings (SSSR count). The highest BCUT2D eigenvalue weighted by Crippen LogP contribution is 2.28. The van der Waals surface area contributed by atoms with Crippen molar-refractivity contribution >= 4 is 37.9 Å². The number of benzene rings is 1. The van der Waals surface area contributed by atoms with Crippen LogP contribution in [0.2, 0.25) is 0 Å². The summed E-state index contributed by atoms with van der Waals surface area (Å²) < 4.78 is 26.9. The van der Waals surface area contributed by atoms with Crippen LogP contribution in [-0.2, 0) is 10.0 Å². The number of nitro benzene ring substituents is 1. The minimum Gasteiger partial charge on any atom is -0.323 e. The summed E-state index contributed by atoms with van der Waals surface area (Å²) in [4.78, 5) is 13.7. The van der Waals surface area contributed by atoms with Crippen molar-refractivity contribution < 1.29 is 13.3 Å². The third kappa shape index (κ3) is 3.26. The van der Waals surface area contributed by atoms with Crippen LogP contribution in [0.1, 0.15) is 5.69 Å². The van der Waals surface area contributed by atoms with Gasteiger partial charge in [0.1, 0.15) is 4.90 Å². The van der Waals surface area contributed by atoms with E-state index in [1.54, 1.807) is 12.3 Å². The quantitative estimate of drug-likeness (QED) is 0.428. The van der Waals surface area contributed by atoms with Crippen LogP contribution in [0.3, 0.4) is 0 Å². The van der Waals surface area contributed by atoms with Crippen molar-refractivity contribution in [1.29, 1.82) is 0 Å². The monoisotopic (exact) mass is 329 g/mol. The van der Waals surface area contributed by atoms with Crippen LogP contribution >= 0.6 is 11.3 Å². The number of nitrogens with one attached hydrogen (secondary N) is 2. The molecule has 9 nitrogen and oxygen atoms in total. The molecule has 0 unspecified atom stereocenters. The Morgan fingerprint density at radius 3 is 2.67 bits per heavy atom. The molecule has 0 spiro atoms. The van der Waals surface area contributed by atoms with Gasteiger partial charge in [0.2, 0.25) is 0 Å². The Kier molecular flexibility index (Phi) is 4.06. The van der Waals surface area contributed by atoms with Crippen molar-refractivity contribution in [3.8, 4) is 0 Å². The van der Waals surface area contributed by atoms with Crippen molar-refractivity contribution in [3.05, 3.63) is 39.4 Å². The molecule has 1 heterocycles. The molecule has 1 aromatic carbocycles. The summed E-state index contributed by atoms with van der Waals surface area (Å²) in [6.07, 6.45) is 0. The van der Waals surface area contributed by atoms with Gasteiger partial charge in [-0.1, -0.05) is 0 Å². The van der Waals surface area contributed by atoms with Crippen LogP contribution in [0.15, 0.2) is 28.5 Å². The van der Waals surface area contributed by atoms with Gasteiger partial charge in [0.05, 0.1) is 16.3 Å². The van der Waals surface area contributed by atoms with E-state index in [0.717, 1.165) is 23.5 Å². The van der Waals surface area contributed by atoms with E-state index in [2.05, 4.69) is 15.1 Å². The second-order valence-electron chi connectivity index (χ2n) is 3.98. The molecule has 0 aliphatic rings. The number of rotatable bonds is 5. The fourth-order valence-corrected chi connectivity index (χ4v) is 3.67. The maximum absolute atomic E-state index is 12.3. The number of thiazole rings is 1. The first-order valence-electron chi connectivity index (χ1n) is 5.53. The number of nitrogens with two attached hydrogens (primary N) is 1. The molecule has 4 N–H and O–H groups in total. The molecule has 2 aromatic rings. The number of nitro groups is 1. The number of aryl methyl sites for hydroxylation is 1. The highest BCUT2D eigenvalue weighted by Gasteiger charge is 2.23. The predicted molar refractivity (Wildman–Crippen MR) is 78.6 cm³/mol. The van der Waals surface area contributed by atoms with E-state index in [4.69, 9.17) is 5.84 Å². The van der Waals surface area contributed by atoms with Gasteiger partial charge in [0.25, 0.3) is 15.7 Å². The van der Waals surface area contributed by atoms with E-state index in [9.17, 15) is 18.5 Å². The zero-order valence-electron chi connectivity index (χ0n) is 10.7. The minimum absolute atomic E-state index is 0.0429. The lowest BCUT2D eigenvalue weighted by molar-refractivity contribution is -0.385. The largest absolute Gasteiger partial charge is 0.323 e. The van der Waals surface area contributed by atoms with E-state index in [-0.39, 0.29) is 21.4 Å². The summed E-state index contributed by atoms with van der Waals surface area (Å²) in [5.74, 6) is 5.25. The number of nitrogen functional groups attached to an aromatic ring is 1. The van der Waals surface area contributed by atoms with E-state index >= 15 is 0 Å². The molecule has 21 heavy (non-hydrogen) atoms. The molecule has 112 valence electrons. The minimum atomic E-state index is -4.05. The summed E-state index contributed by atoms with van der Waals surface area (Å²) in [6.45, 7) is 1.72. The first-order valence-corrected chi connectivity index (χ1v) is 7.90.